The minimum absolute atomic E-state index is 0.232. The van der Waals surface area contributed by atoms with Gasteiger partial charge in [-0.3, -0.25) is 9.59 Å². The molecule has 0 aliphatic heterocycles. The van der Waals surface area contributed by atoms with Crippen LogP contribution < -0.4 is 5.32 Å². The number of halogens is 3. The molecule has 146 valence electrons. The summed E-state index contributed by atoms with van der Waals surface area (Å²) in [7, 11) is 0. The predicted molar refractivity (Wildman–Crippen MR) is 108 cm³/mol. The molecule has 0 atom stereocenters. The quantitative estimate of drug-likeness (QED) is 0.611. The van der Waals surface area contributed by atoms with Crippen molar-refractivity contribution in [1.82, 2.24) is 4.90 Å². The minimum Gasteiger partial charge on any atom is -0.329 e. The van der Waals surface area contributed by atoms with Gasteiger partial charge in [0.1, 0.15) is 28.7 Å². The Hall–Kier alpha value is -2.51. The van der Waals surface area contributed by atoms with Crippen molar-refractivity contribution in [3.8, 4) is 0 Å². The van der Waals surface area contributed by atoms with Gasteiger partial charge in [-0.25, -0.2) is 8.78 Å². The van der Waals surface area contributed by atoms with E-state index in [1.54, 1.807) is 6.92 Å². The number of fused-ring (bicyclic) bond motifs is 1. The van der Waals surface area contributed by atoms with E-state index in [1.165, 1.54) is 22.3 Å². The molecule has 0 saturated heterocycles. The topological polar surface area (TPSA) is 49.4 Å². The van der Waals surface area contributed by atoms with Crippen LogP contribution in [0.25, 0.3) is 10.1 Å². The van der Waals surface area contributed by atoms with Crippen molar-refractivity contribution in [3.63, 3.8) is 0 Å². The number of hydrogen-bond acceptors (Lipinski definition) is 3. The third-order valence-electron chi connectivity index (χ3n) is 4.29. The number of thiophene rings is 1. The molecule has 0 saturated carbocycles. The fourth-order valence-electron chi connectivity index (χ4n) is 2.85. The van der Waals surface area contributed by atoms with Crippen LogP contribution >= 0.6 is 22.9 Å². The van der Waals surface area contributed by atoms with Gasteiger partial charge in [-0.15, -0.1) is 11.3 Å². The molecule has 4 nitrogen and oxygen atoms in total. The number of para-hydroxylation sites is 1. The highest BCUT2D eigenvalue weighted by atomic mass is 35.5. The Bertz CT molecular complexity index is 1050. The summed E-state index contributed by atoms with van der Waals surface area (Å²) in [4.78, 5) is 26.8. The molecule has 3 rings (SSSR count). The summed E-state index contributed by atoms with van der Waals surface area (Å²) in [5, 5.41) is 3.35. The lowest BCUT2D eigenvalue weighted by atomic mass is 10.1. The van der Waals surface area contributed by atoms with Crippen molar-refractivity contribution in [1.29, 1.82) is 0 Å². The van der Waals surface area contributed by atoms with Crippen LogP contribution in [-0.4, -0.2) is 29.8 Å². The van der Waals surface area contributed by atoms with Gasteiger partial charge in [0.25, 0.3) is 5.91 Å². The molecule has 0 aliphatic rings. The van der Waals surface area contributed by atoms with Gasteiger partial charge in [-0.05, 0) is 37.6 Å². The SMILES string of the molecule is CCN(CC(=O)Nc1c(F)cccc1F)C(=O)c1sc2cccc(C)c2c1Cl. The van der Waals surface area contributed by atoms with Gasteiger partial charge in [-0.1, -0.05) is 29.8 Å². The molecular weight excluding hydrogens is 406 g/mol. The van der Waals surface area contributed by atoms with Crippen LogP contribution in [0.3, 0.4) is 0 Å². The highest BCUT2D eigenvalue weighted by Crippen LogP contribution is 2.37. The maximum atomic E-state index is 13.7. The van der Waals surface area contributed by atoms with Crippen LogP contribution in [0.1, 0.15) is 22.2 Å². The zero-order valence-electron chi connectivity index (χ0n) is 15.2. The molecule has 8 heteroatoms. The fraction of sp³-hybridized carbons (Fsp3) is 0.200. The molecule has 0 radical (unpaired) electrons. The van der Waals surface area contributed by atoms with E-state index in [4.69, 9.17) is 11.6 Å². The molecule has 3 aromatic rings. The number of likely N-dealkylation sites (N-methyl/N-ethyl adjacent to an activating group) is 1. The van der Waals surface area contributed by atoms with Crippen LogP contribution in [-0.2, 0) is 4.79 Å². The second-order valence-corrected chi connectivity index (χ2v) is 7.59. The van der Waals surface area contributed by atoms with Crippen molar-refractivity contribution >= 4 is 50.5 Å². The third-order valence-corrected chi connectivity index (χ3v) is 5.92. The number of rotatable bonds is 5. The molecule has 0 bridgehead atoms. The lowest BCUT2D eigenvalue weighted by Crippen LogP contribution is -2.37. The largest absolute Gasteiger partial charge is 0.329 e. The van der Waals surface area contributed by atoms with Crippen molar-refractivity contribution in [2.75, 3.05) is 18.4 Å². The number of benzene rings is 2. The molecule has 2 amide bonds. The second kappa shape index (κ2) is 8.24. The van der Waals surface area contributed by atoms with Crippen LogP contribution in [0, 0.1) is 18.6 Å². The molecule has 0 fully saturated rings. The van der Waals surface area contributed by atoms with Crippen molar-refractivity contribution in [2.45, 2.75) is 13.8 Å². The lowest BCUT2D eigenvalue weighted by molar-refractivity contribution is -0.116. The summed E-state index contributed by atoms with van der Waals surface area (Å²) in [5.74, 6) is -2.87. The van der Waals surface area contributed by atoms with E-state index in [1.807, 2.05) is 25.1 Å². The summed E-state index contributed by atoms with van der Waals surface area (Å²) < 4.78 is 28.3. The Balaban J connectivity index is 1.82. The van der Waals surface area contributed by atoms with Crippen molar-refractivity contribution in [2.24, 2.45) is 0 Å². The van der Waals surface area contributed by atoms with E-state index in [9.17, 15) is 18.4 Å². The predicted octanol–water partition coefficient (Wildman–Crippen LogP) is 5.24. The monoisotopic (exact) mass is 422 g/mol. The molecule has 1 N–H and O–H groups in total. The maximum Gasteiger partial charge on any atom is 0.265 e. The zero-order chi connectivity index (χ0) is 20.4. The van der Waals surface area contributed by atoms with Crippen LogP contribution in [0.15, 0.2) is 36.4 Å². The number of aryl methyl sites for hydroxylation is 1. The molecule has 2 aromatic carbocycles. The van der Waals surface area contributed by atoms with Crippen molar-refractivity contribution < 1.29 is 18.4 Å². The van der Waals surface area contributed by atoms with E-state index in [0.717, 1.165) is 27.8 Å². The summed E-state index contributed by atoms with van der Waals surface area (Å²) in [6, 6.07) is 8.95. The second-order valence-electron chi connectivity index (χ2n) is 6.16. The molecule has 0 spiro atoms. The van der Waals surface area contributed by atoms with E-state index in [2.05, 4.69) is 5.32 Å². The maximum absolute atomic E-state index is 13.7. The Morgan fingerprint density at radius 3 is 2.39 bits per heavy atom. The number of nitrogens with zero attached hydrogens (tertiary/aromatic N) is 1. The summed E-state index contributed by atoms with van der Waals surface area (Å²) >= 11 is 7.68. The molecule has 28 heavy (non-hydrogen) atoms. The van der Waals surface area contributed by atoms with Gasteiger partial charge in [0.15, 0.2) is 0 Å². The number of carbonyl (C=O) groups excluding carboxylic acids is 2. The third kappa shape index (κ3) is 3.86. The average Bonchev–Trinajstić information content (AvgIpc) is 3.00. The van der Waals surface area contributed by atoms with E-state index >= 15 is 0 Å². The number of anilines is 1. The first-order valence-corrected chi connectivity index (χ1v) is 9.73. The molecule has 1 aromatic heterocycles. The van der Waals surface area contributed by atoms with Crippen LogP contribution in [0.4, 0.5) is 14.5 Å². The summed E-state index contributed by atoms with van der Waals surface area (Å²) in [5.41, 5.74) is 0.417. The van der Waals surface area contributed by atoms with Gasteiger partial charge < -0.3 is 10.2 Å². The molecule has 0 unspecified atom stereocenters. The molecule has 0 aliphatic carbocycles. The van der Waals surface area contributed by atoms with E-state index in [0.29, 0.717) is 9.90 Å². The Kier molecular flexibility index (Phi) is 5.96. The average molecular weight is 423 g/mol. The van der Waals surface area contributed by atoms with Crippen molar-refractivity contribution in [3.05, 3.63) is 63.5 Å². The highest BCUT2D eigenvalue weighted by molar-refractivity contribution is 7.21. The van der Waals surface area contributed by atoms with E-state index in [-0.39, 0.29) is 13.1 Å². The lowest BCUT2D eigenvalue weighted by Gasteiger charge is -2.20. The summed E-state index contributed by atoms with van der Waals surface area (Å²) in [6.45, 7) is 3.49. The highest BCUT2D eigenvalue weighted by Gasteiger charge is 2.24. The normalized spacial score (nSPS) is 10.9. The standard InChI is InChI=1S/C20H17ClF2N2O2S/c1-3-25(10-15(26)24-18-12(22)7-5-8-13(18)23)20(27)19-17(21)16-11(2)6-4-9-14(16)28-19/h4-9H,3,10H2,1-2H3,(H,24,26). The van der Waals surface area contributed by atoms with Gasteiger partial charge >= 0.3 is 0 Å². The Labute approximate surface area is 169 Å². The number of amides is 2. The molecule has 1 heterocycles. The first-order valence-electron chi connectivity index (χ1n) is 8.54. The zero-order valence-corrected chi connectivity index (χ0v) is 16.8. The first kappa shape index (κ1) is 20.2. The fourth-order valence-corrected chi connectivity index (χ4v) is 4.50. The minimum atomic E-state index is -0.884. The van der Waals surface area contributed by atoms with Gasteiger partial charge in [0.05, 0.1) is 5.02 Å². The first-order chi connectivity index (χ1) is 13.3. The van der Waals surface area contributed by atoms with Gasteiger partial charge in [0, 0.05) is 16.6 Å². The van der Waals surface area contributed by atoms with Gasteiger partial charge in [-0.2, -0.15) is 0 Å². The number of carbonyl (C=O) groups is 2. The van der Waals surface area contributed by atoms with Crippen LogP contribution in [0.2, 0.25) is 5.02 Å². The van der Waals surface area contributed by atoms with Gasteiger partial charge in [0.2, 0.25) is 5.91 Å². The molecular formula is C20H17ClF2N2O2S. The number of hydrogen-bond donors (Lipinski definition) is 1. The van der Waals surface area contributed by atoms with Crippen LogP contribution in [0.5, 0.6) is 0 Å². The number of nitrogens with one attached hydrogen (secondary N) is 1. The Morgan fingerprint density at radius 2 is 1.79 bits per heavy atom. The smallest absolute Gasteiger partial charge is 0.265 e. The summed E-state index contributed by atoms with van der Waals surface area (Å²) in [6.07, 6.45) is 0. The Morgan fingerprint density at radius 1 is 1.14 bits per heavy atom. The van der Waals surface area contributed by atoms with E-state index < -0.39 is 29.1 Å².